The molecule has 0 fully saturated rings. The third kappa shape index (κ3) is 2.56. The van der Waals surface area contributed by atoms with Crippen LogP contribution in [0.2, 0.25) is 0 Å². The fourth-order valence-corrected chi connectivity index (χ4v) is 1.73. The molecule has 19 heavy (non-hydrogen) atoms. The van der Waals surface area contributed by atoms with E-state index in [-0.39, 0.29) is 19.0 Å². The van der Waals surface area contributed by atoms with Crippen LogP contribution in [0.5, 0.6) is 5.75 Å². The summed E-state index contributed by atoms with van der Waals surface area (Å²) in [6.07, 6.45) is 0. The molecule has 2 rings (SSSR count). The maximum absolute atomic E-state index is 13.7. The molecule has 0 unspecified atom stereocenters. The molecule has 0 atom stereocenters. The van der Waals surface area contributed by atoms with Gasteiger partial charge in [0.15, 0.2) is 11.6 Å². The molecule has 0 radical (unpaired) electrons. The molecule has 0 aliphatic heterocycles. The first-order valence-electron chi connectivity index (χ1n) is 5.58. The summed E-state index contributed by atoms with van der Waals surface area (Å²) >= 11 is 0. The minimum atomic E-state index is -0.496. The molecule has 6 nitrogen and oxygen atoms in total. The van der Waals surface area contributed by atoms with E-state index < -0.39 is 5.82 Å². The Hall–Kier alpha value is -1.99. The number of rotatable bonds is 5. The summed E-state index contributed by atoms with van der Waals surface area (Å²) in [5.41, 5.74) is 1.46. The Morgan fingerprint density at radius 2 is 2.16 bits per heavy atom. The highest BCUT2D eigenvalue weighted by molar-refractivity contribution is 5.39. The molecule has 7 heteroatoms. The smallest absolute Gasteiger partial charge is 0.167 e. The van der Waals surface area contributed by atoms with E-state index in [0.29, 0.717) is 17.1 Å². The predicted molar refractivity (Wildman–Crippen MR) is 64.5 cm³/mol. The van der Waals surface area contributed by atoms with E-state index in [2.05, 4.69) is 10.3 Å². The van der Waals surface area contributed by atoms with Gasteiger partial charge in [0.2, 0.25) is 0 Å². The Kier molecular flexibility index (Phi) is 4.08. The Morgan fingerprint density at radius 1 is 1.37 bits per heavy atom. The number of nitrogens with zero attached hydrogens (tertiary/aromatic N) is 3. The number of aliphatic hydroxyl groups is 1. The van der Waals surface area contributed by atoms with E-state index in [1.807, 2.05) is 0 Å². The van der Waals surface area contributed by atoms with Crippen LogP contribution in [-0.4, -0.2) is 34.3 Å². The zero-order valence-electron chi connectivity index (χ0n) is 10.6. The van der Waals surface area contributed by atoms with Crippen molar-refractivity contribution in [2.45, 2.75) is 13.2 Å². The van der Waals surface area contributed by atoms with Gasteiger partial charge < -0.3 is 14.6 Å². The van der Waals surface area contributed by atoms with Gasteiger partial charge in [-0.3, -0.25) is 0 Å². The summed E-state index contributed by atoms with van der Waals surface area (Å²) in [6.45, 7) is -0.0339. The van der Waals surface area contributed by atoms with Gasteiger partial charge in [0.05, 0.1) is 31.7 Å². The van der Waals surface area contributed by atoms with E-state index >= 15 is 0 Å². The van der Waals surface area contributed by atoms with Gasteiger partial charge in [0, 0.05) is 13.2 Å². The summed E-state index contributed by atoms with van der Waals surface area (Å²) in [5.74, 6) is -0.344. The number of benzene rings is 1. The number of aliphatic hydroxyl groups excluding tert-OH is 1. The standard InChI is InChI=1S/C12H14FN3O3/c1-18-7-11-10(6-17)14-15-16(11)8-3-4-12(19-2)9(13)5-8/h3-5,17H,6-7H2,1-2H3. The second kappa shape index (κ2) is 5.77. The lowest BCUT2D eigenvalue weighted by molar-refractivity contribution is 0.175. The van der Waals surface area contributed by atoms with Crippen LogP contribution in [0.4, 0.5) is 4.39 Å². The molecule has 1 aromatic heterocycles. The summed E-state index contributed by atoms with van der Waals surface area (Å²) in [5, 5.41) is 16.9. The molecule has 102 valence electrons. The predicted octanol–water partition coefficient (Wildman–Crippen LogP) is 1.05. The number of hydrogen-bond donors (Lipinski definition) is 1. The maximum Gasteiger partial charge on any atom is 0.167 e. The van der Waals surface area contributed by atoms with Crippen molar-refractivity contribution < 1.29 is 19.0 Å². The molecular formula is C12H14FN3O3. The van der Waals surface area contributed by atoms with E-state index in [1.54, 1.807) is 6.07 Å². The number of halogens is 1. The molecule has 0 aliphatic carbocycles. The minimum absolute atomic E-state index is 0.152. The Balaban J connectivity index is 2.46. The van der Waals surface area contributed by atoms with Crippen LogP contribution in [0.15, 0.2) is 18.2 Å². The van der Waals surface area contributed by atoms with Gasteiger partial charge in [0.25, 0.3) is 0 Å². The van der Waals surface area contributed by atoms with Crippen molar-refractivity contribution in [3.63, 3.8) is 0 Å². The Labute approximate surface area is 109 Å². The van der Waals surface area contributed by atoms with Crippen molar-refractivity contribution in [1.29, 1.82) is 0 Å². The summed E-state index contributed by atoms with van der Waals surface area (Å²) in [6, 6.07) is 4.44. The average Bonchev–Trinajstić information content (AvgIpc) is 2.82. The third-order valence-corrected chi connectivity index (χ3v) is 2.65. The van der Waals surface area contributed by atoms with Gasteiger partial charge in [-0.2, -0.15) is 0 Å². The molecule has 0 bridgehead atoms. The lowest BCUT2D eigenvalue weighted by Crippen LogP contribution is -2.05. The third-order valence-electron chi connectivity index (χ3n) is 2.65. The van der Waals surface area contributed by atoms with Crippen LogP contribution in [0.1, 0.15) is 11.4 Å². The molecule has 0 saturated carbocycles. The topological polar surface area (TPSA) is 69.4 Å². The summed E-state index contributed by atoms with van der Waals surface area (Å²) in [4.78, 5) is 0. The minimum Gasteiger partial charge on any atom is -0.494 e. The van der Waals surface area contributed by atoms with E-state index in [0.717, 1.165) is 0 Å². The molecule has 0 spiro atoms. The van der Waals surface area contributed by atoms with Crippen LogP contribution in [0, 0.1) is 5.82 Å². The van der Waals surface area contributed by atoms with Crippen molar-refractivity contribution in [2.24, 2.45) is 0 Å². The molecule has 1 aromatic carbocycles. The molecule has 1 heterocycles. The van der Waals surface area contributed by atoms with Crippen LogP contribution in [0.3, 0.4) is 0 Å². The SMILES string of the molecule is COCc1c(CO)nnn1-c1ccc(OC)c(F)c1. The Bertz CT molecular complexity index is 571. The van der Waals surface area contributed by atoms with E-state index in [1.165, 1.54) is 31.0 Å². The molecular weight excluding hydrogens is 253 g/mol. The van der Waals surface area contributed by atoms with Gasteiger partial charge >= 0.3 is 0 Å². The highest BCUT2D eigenvalue weighted by atomic mass is 19.1. The zero-order valence-corrected chi connectivity index (χ0v) is 10.6. The van der Waals surface area contributed by atoms with Gasteiger partial charge in [-0.05, 0) is 12.1 Å². The zero-order chi connectivity index (χ0) is 13.8. The molecule has 0 amide bonds. The van der Waals surface area contributed by atoms with Crippen molar-refractivity contribution in [2.75, 3.05) is 14.2 Å². The molecule has 0 aliphatic rings. The molecule has 2 aromatic rings. The maximum atomic E-state index is 13.7. The number of methoxy groups -OCH3 is 2. The largest absolute Gasteiger partial charge is 0.494 e. The Morgan fingerprint density at radius 3 is 2.74 bits per heavy atom. The second-order valence-corrected chi connectivity index (χ2v) is 3.80. The van der Waals surface area contributed by atoms with Gasteiger partial charge in [-0.1, -0.05) is 5.21 Å². The lowest BCUT2D eigenvalue weighted by atomic mass is 10.2. The van der Waals surface area contributed by atoms with E-state index in [9.17, 15) is 9.50 Å². The highest BCUT2D eigenvalue weighted by Crippen LogP contribution is 2.21. The number of aromatic nitrogens is 3. The normalized spacial score (nSPS) is 10.7. The number of ether oxygens (including phenoxy) is 2. The van der Waals surface area contributed by atoms with Crippen molar-refractivity contribution in [3.05, 3.63) is 35.4 Å². The van der Waals surface area contributed by atoms with Crippen molar-refractivity contribution >= 4 is 0 Å². The fraction of sp³-hybridized carbons (Fsp3) is 0.333. The lowest BCUT2D eigenvalue weighted by Gasteiger charge is -2.08. The first-order valence-corrected chi connectivity index (χ1v) is 5.58. The first-order chi connectivity index (χ1) is 9.21. The first kappa shape index (κ1) is 13.4. The number of hydrogen-bond acceptors (Lipinski definition) is 5. The quantitative estimate of drug-likeness (QED) is 0.877. The highest BCUT2D eigenvalue weighted by Gasteiger charge is 2.14. The summed E-state index contributed by atoms with van der Waals surface area (Å²) < 4.78 is 25.0. The molecule has 0 saturated heterocycles. The molecule has 1 N–H and O–H groups in total. The summed E-state index contributed by atoms with van der Waals surface area (Å²) in [7, 11) is 2.92. The monoisotopic (exact) mass is 267 g/mol. The van der Waals surface area contributed by atoms with Crippen LogP contribution < -0.4 is 4.74 Å². The van der Waals surface area contributed by atoms with Gasteiger partial charge in [-0.25, -0.2) is 9.07 Å². The van der Waals surface area contributed by atoms with Gasteiger partial charge in [0.1, 0.15) is 5.69 Å². The van der Waals surface area contributed by atoms with Crippen molar-refractivity contribution in [1.82, 2.24) is 15.0 Å². The fourth-order valence-electron chi connectivity index (χ4n) is 1.73. The van der Waals surface area contributed by atoms with Gasteiger partial charge in [-0.15, -0.1) is 5.10 Å². The van der Waals surface area contributed by atoms with E-state index in [4.69, 9.17) is 9.47 Å². The second-order valence-electron chi connectivity index (χ2n) is 3.80. The van der Waals surface area contributed by atoms with Crippen LogP contribution in [0.25, 0.3) is 5.69 Å². The average molecular weight is 267 g/mol. The van der Waals surface area contributed by atoms with Crippen molar-refractivity contribution in [3.8, 4) is 11.4 Å². The van der Waals surface area contributed by atoms with Crippen LogP contribution in [-0.2, 0) is 18.0 Å². The van der Waals surface area contributed by atoms with Crippen LogP contribution >= 0.6 is 0 Å².